The van der Waals surface area contributed by atoms with Gasteiger partial charge in [0.05, 0.1) is 0 Å². The van der Waals surface area contributed by atoms with Crippen molar-refractivity contribution in [2.45, 2.75) is 11.3 Å². The van der Waals surface area contributed by atoms with Crippen LogP contribution in [0.1, 0.15) is 33.6 Å². The Bertz CT molecular complexity index is 1330. The molecule has 5 aromatic rings. The van der Waals surface area contributed by atoms with Gasteiger partial charge in [-0.25, -0.2) is 0 Å². The van der Waals surface area contributed by atoms with Crippen LogP contribution in [-0.4, -0.2) is 0 Å². The molecule has 0 aliphatic heterocycles. The Balaban J connectivity index is 1.68. The predicted molar refractivity (Wildman–Crippen MR) is 174 cm³/mol. The molecule has 1 N–H and O–H groups in total. The molecule has 2 unspecified atom stereocenters. The first kappa shape index (κ1) is 28.8. The van der Waals surface area contributed by atoms with Gasteiger partial charge in [0.2, 0.25) is 0 Å². The molecule has 0 aliphatic rings. The number of nitrogens with one attached hydrogen (secondary N) is 1. The summed E-state index contributed by atoms with van der Waals surface area (Å²) in [5, 5.41) is 0. The molecule has 0 saturated carbocycles. The Kier molecular flexibility index (Phi) is 8.62. The summed E-state index contributed by atoms with van der Waals surface area (Å²) in [6.07, 6.45) is 0. The maximum atomic E-state index is 8.02. The second kappa shape index (κ2) is 11.7. The van der Waals surface area contributed by atoms with Crippen LogP contribution in [0.5, 0.6) is 0 Å². The van der Waals surface area contributed by atoms with Crippen LogP contribution in [0.3, 0.4) is 0 Å². The molecule has 200 valence electrons. The van der Waals surface area contributed by atoms with Crippen molar-refractivity contribution in [3.05, 3.63) is 174 Å². The molecule has 5 aromatic carbocycles. The average molecular weight is 781 g/mol. The van der Waals surface area contributed by atoms with Crippen molar-refractivity contribution in [1.82, 2.24) is 0 Å². The third-order valence-corrected chi connectivity index (χ3v) is 50.0. The topological polar surface area (TPSA) is 12.0 Å². The fourth-order valence-corrected chi connectivity index (χ4v) is 52.8. The number of halogens is 3. The van der Waals surface area contributed by atoms with Crippen molar-refractivity contribution >= 4 is 47.3 Å². The first-order valence-corrected chi connectivity index (χ1v) is 35.8. The fourth-order valence-electron chi connectivity index (χ4n) is 4.59. The molecule has 0 aliphatic carbocycles. The van der Waals surface area contributed by atoms with E-state index in [2.05, 4.69) is 101 Å². The van der Waals surface area contributed by atoms with Crippen LogP contribution in [-0.2, 0) is 9.67 Å². The van der Waals surface area contributed by atoms with Gasteiger partial charge in [-0.2, -0.15) is 0 Å². The van der Waals surface area contributed by atoms with Gasteiger partial charge >= 0.3 is 246 Å². The standard InChI is InChI=1S/2C13H12P.C6H6N.3ClH.W/c2*14-13(11-7-3-1-4-8-11)12-9-5-2-6-10-12;7-6-4-2-1-3-5-6;;;;/h2*1-10,13-14H;1-5,7H;3*1H;/q3*-1;;;;+6/p-3. The zero-order valence-electron chi connectivity index (χ0n) is 21.1. The van der Waals surface area contributed by atoms with Gasteiger partial charge in [0.25, 0.3) is 0 Å². The van der Waals surface area contributed by atoms with Crippen molar-refractivity contribution in [2.24, 2.45) is 0 Å². The number of rotatable bonds is 10. The van der Waals surface area contributed by atoms with Gasteiger partial charge in [0, 0.05) is 0 Å². The summed E-state index contributed by atoms with van der Waals surface area (Å²) in [6, 6.07) is 51.7. The van der Waals surface area contributed by atoms with E-state index in [0.717, 1.165) is 27.9 Å². The van der Waals surface area contributed by atoms with Crippen LogP contribution in [0, 0.1) is 0 Å². The van der Waals surface area contributed by atoms with E-state index < -0.39 is 9.67 Å². The zero-order chi connectivity index (χ0) is 27.2. The number of anilines is 1. The van der Waals surface area contributed by atoms with Gasteiger partial charge in [-0.1, -0.05) is 0 Å². The molecular weight excluding hydrogens is 751 g/mol. The van der Waals surface area contributed by atoms with E-state index in [1.54, 1.807) is 0 Å². The summed E-state index contributed by atoms with van der Waals surface area (Å²) in [7, 11) is 18.1. The van der Waals surface area contributed by atoms with Crippen molar-refractivity contribution < 1.29 is 9.67 Å². The number of hydrogen-bond acceptors (Lipinski definition) is 1. The molecule has 0 saturated heterocycles. The van der Waals surface area contributed by atoms with Crippen LogP contribution in [0.15, 0.2) is 152 Å². The molecule has 1 nitrogen and oxygen atoms in total. The van der Waals surface area contributed by atoms with Gasteiger partial charge in [0.15, 0.2) is 0 Å². The van der Waals surface area contributed by atoms with E-state index in [-0.39, 0.29) is 24.7 Å². The van der Waals surface area contributed by atoms with Gasteiger partial charge < -0.3 is 0 Å². The van der Waals surface area contributed by atoms with Gasteiger partial charge in [-0.15, -0.1) is 0 Å². The summed E-state index contributed by atoms with van der Waals surface area (Å²) >= 11 is 0. The Morgan fingerprint density at radius 2 is 0.667 bits per heavy atom. The first-order chi connectivity index (χ1) is 18.7. The molecule has 0 spiro atoms. The SMILES string of the molecule is [Cl][W]([Cl])([Cl])([NH]c1ccccc1)([PH]C(c1ccccc1)c1ccccc1)[PH]C(c1ccccc1)c1ccccc1. The van der Waals surface area contributed by atoms with Crippen LogP contribution >= 0.6 is 41.6 Å². The number of para-hydroxylation sites is 1. The summed E-state index contributed by atoms with van der Waals surface area (Å²) < 4.78 is 3.67. The normalized spacial score (nSPS) is 14.2. The van der Waals surface area contributed by atoms with E-state index in [9.17, 15) is 0 Å². The van der Waals surface area contributed by atoms with Crippen LogP contribution in [0.2, 0.25) is 0 Å². The summed E-state index contributed by atoms with van der Waals surface area (Å²) in [5.74, 6) is 0. The number of benzene rings is 5. The minimum atomic E-state index is -5.92. The van der Waals surface area contributed by atoms with Gasteiger partial charge in [0.1, 0.15) is 0 Å². The van der Waals surface area contributed by atoms with E-state index in [1.807, 2.05) is 54.6 Å². The van der Waals surface area contributed by atoms with Gasteiger partial charge in [-0.05, 0) is 0 Å². The van der Waals surface area contributed by atoms with Crippen molar-refractivity contribution in [3.8, 4) is 0 Å². The molecule has 0 radical (unpaired) electrons. The molecule has 39 heavy (non-hydrogen) atoms. The van der Waals surface area contributed by atoms with E-state index in [0.29, 0.717) is 0 Å². The van der Waals surface area contributed by atoms with E-state index in [1.165, 1.54) is 0 Å². The molecular formula is C32H30Cl3NP2W. The number of hydrogen-bond donors (Lipinski definition) is 1. The fraction of sp³-hybridized carbons (Fsp3) is 0.0625. The molecule has 0 bridgehead atoms. The van der Waals surface area contributed by atoms with Crippen LogP contribution in [0.4, 0.5) is 5.69 Å². The molecule has 0 aromatic heterocycles. The Labute approximate surface area is 244 Å². The Morgan fingerprint density at radius 1 is 0.410 bits per heavy atom. The molecule has 0 heterocycles. The Morgan fingerprint density at radius 3 is 0.949 bits per heavy atom. The van der Waals surface area contributed by atoms with Crippen molar-refractivity contribution in [2.75, 3.05) is 3.88 Å². The zero-order valence-corrected chi connectivity index (χ0v) is 28.3. The molecule has 0 amide bonds. The maximum absolute atomic E-state index is 8.02. The van der Waals surface area contributed by atoms with E-state index in [4.69, 9.17) is 28.3 Å². The quantitative estimate of drug-likeness (QED) is 0.139. The summed E-state index contributed by atoms with van der Waals surface area (Å²) in [5.41, 5.74) is 5.32. The third kappa shape index (κ3) is 7.54. The second-order valence-corrected chi connectivity index (χ2v) is 80.9. The third-order valence-electron chi connectivity index (χ3n) is 6.38. The predicted octanol–water partition coefficient (Wildman–Crippen LogP) is 11.5. The molecule has 5 rings (SSSR count). The van der Waals surface area contributed by atoms with Gasteiger partial charge in [-0.3, -0.25) is 0 Å². The minimum absolute atomic E-state index is 0.0351. The summed E-state index contributed by atoms with van der Waals surface area (Å²) in [6.45, 7) is 0.0703. The average Bonchev–Trinajstić information content (AvgIpc) is 2.97. The molecule has 0 fully saturated rings. The molecule has 7 heteroatoms. The summed E-state index contributed by atoms with van der Waals surface area (Å²) in [4.78, 5) is 0. The second-order valence-electron chi connectivity index (χ2n) is 9.39. The van der Waals surface area contributed by atoms with Crippen LogP contribution < -0.4 is 3.88 Å². The molecule has 2 atom stereocenters. The van der Waals surface area contributed by atoms with Crippen molar-refractivity contribution in [3.63, 3.8) is 0 Å². The van der Waals surface area contributed by atoms with Crippen LogP contribution in [0.25, 0.3) is 0 Å². The van der Waals surface area contributed by atoms with E-state index >= 15 is 0 Å². The first-order valence-electron chi connectivity index (χ1n) is 12.6. The van der Waals surface area contributed by atoms with Crippen molar-refractivity contribution in [1.29, 1.82) is 0 Å². The Hall–Kier alpha value is -1.68. The monoisotopic (exact) mass is 779 g/mol.